The van der Waals surface area contributed by atoms with Crippen molar-refractivity contribution in [3.8, 4) is 23.0 Å². The Morgan fingerprint density at radius 2 is 1.70 bits per heavy atom. The monoisotopic (exact) mass is 552 g/mol. The molecular formula is C30H36N2O8. The summed E-state index contributed by atoms with van der Waals surface area (Å²) in [5, 5.41) is 11.5. The van der Waals surface area contributed by atoms with Gasteiger partial charge in [-0.2, -0.15) is 0 Å². The predicted octanol–water partition coefficient (Wildman–Crippen LogP) is 3.40. The van der Waals surface area contributed by atoms with Crippen LogP contribution >= 0.6 is 0 Å². The molecule has 40 heavy (non-hydrogen) atoms. The highest BCUT2D eigenvalue weighted by Gasteiger charge is 2.46. The number of rotatable bonds is 10. The van der Waals surface area contributed by atoms with Gasteiger partial charge in [-0.3, -0.25) is 14.5 Å². The van der Waals surface area contributed by atoms with Crippen LogP contribution in [0.5, 0.6) is 23.0 Å². The number of ketones is 1. The first-order valence-corrected chi connectivity index (χ1v) is 13.9. The Balaban J connectivity index is 1.56. The van der Waals surface area contributed by atoms with Crippen LogP contribution in [0.2, 0.25) is 0 Å². The lowest BCUT2D eigenvalue weighted by molar-refractivity contribution is -0.140. The molecular weight excluding hydrogens is 516 g/mol. The van der Waals surface area contributed by atoms with E-state index < -0.39 is 17.7 Å². The zero-order chi connectivity index (χ0) is 28.1. The number of carbonyl (C=O) groups is 2. The molecule has 3 aliphatic rings. The number of fused-ring (bicyclic) bond motifs is 1. The molecule has 2 saturated heterocycles. The van der Waals surface area contributed by atoms with Gasteiger partial charge < -0.3 is 33.7 Å². The smallest absolute Gasteiger partial charge is 0.295 e. The highest BCUT2D eigenvalue weighted by molar-refractivity contribution is 6.46. The Bertz CT molecular complexity index is 1270. The number of hydrogen-bond acceptors (Lipinski definition) is 9. The molecule has 0 aliphatic carbocycles. The SMILES string of the molecule is CCCOc1ccc(C2C(=C(O)c3ccc4c(c3)OCCO4)C(=O)C(=O)N2CCN2CCOCC2)cc1OCC. The lowest BCUT2D eigenvalue weighted by atomic mass is 9.94. The van der Waals surface area contributed by atoms with Gasteiger partial charge in [0.25, 0.3) is 11.7 Å². The summed E-state index contributed by atoms with van der Waals surface area (Å²) < 4.78 is 28.5. The Morgan fingerprint density at radius 3 is 2.45 bits per heavy atom. The highest BCUT2D eigenvalue weighted by Crippen LogP contribution is 2.43. The van der Waals surface area contributed by atoms with Crippen molar-refractivity contribution in [3.05, 3.63) is 53.1 Å². The van der Waals surface area contributed by atoms with Crippen LogP contribution < -0.4 is 18.9 Å². The minimum absolute atomic E-state index is 0.0216. The number of aliphatic hydroxyl groups excluding tert-OH is 1. The van der Waals surface area contributed by atoms with Gasteiger partial charge in [-0.1, -0.05) is 13.0 Å². The second-order valence-corrected chi connectivity index (χ2v) is 9.79. The Morgan fingerprint density at radius 1 is 0.925 bits per heavy atom. The van der Waals surface area contributed by atoms with Crippen LogP contribution in [0.3, 0.4) is 0 Å². The summed E-state index contributed by atoms with van der Waals surface area (Å²) >= 11 is 0. The third-order valence-electron chi connectivity index (χ3n) is 7.16. The molecule has 5 rings (SSSR count). The molecule has 214 valence electrons. The van der Waals surface area contributed by atoms with E-state index >= 15 is 0 Å². The number of aliphatic hydroxyl groups is 1. The molecule has 2 aromatic carbocycles. The van der Waals surface area contributed by atoms with Crippen LogP contribution in [0.25, 0.3) is 5.76 Å². The van der Waals surface area contributed by atoms with E-state index in [9.17, 15) is 14.7 Å². The maximum atomic E-state index is 13.5. The predicted molar refractivity (Wildman–Crippen MR) is 147 cm³/mol. The van der Waals surface area contributed by atoms with E-state index in [2.05, 4.69) is 4.90 Å². The summed E-state index contributed by atoms with van der Waals surface area (Å²) in [6, 6.07) is 9.59. The van der Waals surface area contributed by atoms with Crippen LogP contribution in [0.1, 0.15) is 37.4 Å². The Hall–Kier alpha value is -3.76. The molecule has 3 aliphatic heterocycles. The number of ether oxygens (including phenoxy) is 5. The van der Waals surface area contributed by atoms with Crippen LogP contribution in [-0.4, -0.2) is 92.4 Å². The fourth-order valence-electron chi connectivity index (χ4n) is 5.17. The molecule has 1 unspecified atom stereocenters. The van der Waals surface area contributed by atoms with Gasteiger partial charge in [0.1, 0.15) is 19.0 Å². The Kier molecular flexibility index (Phi) is 8.76. The van der Waals surface area contributed by atoms with Crippen molar-refractivity contribution in [2.45, 2.75) is 26.3 Å². The summed E-state index contributed by atoms with van der Waals surface area (Å²) in [6.07, 6.45) is 0.838. The molecule has 1 atom stereocenters. The standard InChI is InChI=1S/C30H36N2O8/c1-3-13-38-22-7-5-20(18-24(22)37-4-2)27-26(28(33)21-6-8-23-25(19-21)40-17-16-39-23)29(34)30(35)32(27)10-9-31-11-14-36-15-12-31/h5-8,18-19,27,33H,3-4,9-17H2,1-2H3. The van der Waals surface area contributed by atoms with Crippen molar-refractivity contribution in [2.24, 2.45) is 0 Å². The summed E-state index contributed by atoms with van der Waals surface area (Å²) in [5.41, 5.74) is 1.04. The van der Waals surface area contributed by atoms with E-state index in [0.717, 1.165) is 19.5 Å². The normalized spacial score (nSPS) is 20.6. The van der Waals surface area contributed by atoms with Crippen molar-refractivity contribution in [2.75, 3.05) is 65.8 Å². The molecule has 0 bridgehead atoms. The van der Waals surface area contributed by atoms with Crippen molar-refractivity contribution < 1.29 is 38.4 Å². The largest absolute Gasteiger partial charge is 0.507 e. The van der Waals surface area contributed by atoms with Crippen molar-refractivity contribution >= 4 is 17.4 Å². The van der Waals surface area contributed by atoms with E-state index in [1.54, 1.807) is 35.2 Å². The average molecular weight is 553 g/mol. The van der Waals surface area contributed by atoms with Crippen LogP contribution in [-0.2, 0) is 14.3 Å². The third-order valence-corrected chi connectivity index (χ3v) is 7.16. The van der Waals surface area contributed by atoms with Gasteiger partial charge in [0.05, 0.1) is 38.0 Å². The minimum atomic E-state index is -0.811. The van der Waals surface area contributed by atoms with Gasteiger partial charge >= 0.3 is 0 Å². The van der Waals surface area contributed by atoms with Gasteiger partial charge in [-0.25, -0.2) is 0 Å². The summed E-state index contributed by atoms with van der Waals surface area (Å²) in [4.78, 5) is 30.7. The molecule has 1 amide bonds. The molecule has 2 fully saturated rings. The lowest BCUT2D eigenvalue weighted by Crippen LogP contribution is -2.42. The first-order chi connectivity index (χ1) is 19.5. The zero-order valence-corrected chi connectivity index (χ0v) is 23.0. The van der Waals surface area contributed by atoms with E-state index in [1.165, 1.54) is 0 Å². The quantitative estimate of drug-likeness (QED) is 0.270. The Labute approximate surface area is 234 Å². The minimum Gasteiger partial charge on any atom is -0.507 e. The number of morpholine rings is 1. The summed E-state index contributed by atoms with van der Waals surface area (Å²) in [5.74, 6) is 0.499. The number of amides is 1. The average Bonchev–Trinajstić information content (AvgIpc) is 3.24. The maximum Gasteiger partial charge on any atom is 0.295 e. The van der Waals surface area contributed by atoms with Crippen LogP contribution in [0.4, 0.5) is 0 Å². The van der Waals surface area contributed by atoms with Crippen molar-refractivity contribution in [1.29, 1.82) is 0 Å². The van der Waals surface area contributed by atoms with Crippen LogP contribution in [0, 0.1) is 0 Å². The lowest BCUT2D eigenvalue weighted by Gasteiger charge is -2.31. The maximum absolute atomic E-state index is 13.5. The van der Waals surface area contributed by atoms with E-state index in [1.807, 2.05) is 19.9 Å². The number of Topliss-reactive ketones (excluding diaryl/α,β-unsaturated/α-hetero) is 1. The molecule has 0 aromatic heterocycles. The molecule has 0 radical (unpaired) electrons. The second kappa shape index (κ2) is 12.6. The van der Waals surface area contributed by atoms with E-state index in [0.29, 0.717) is 86.9 Å². The summed E-state index contributed by atoms with van der Waals surface area (Å²) in [7, 11) is 0. The zero-order valence-electron chi connectivity index (χ0n) is 23.0. The summed E-state index contributed by atoms with van der Waals surface area (Å²) in [6.45, 7) is 9.32. The van der Waals surface area contributed by atoms with Gasteiger partial charge in [-0.05, 0) is 49.2 Å². The van der Waals surface area contributed by atoms with Gasteiger partial charge in [0.15, 0.2) is 23.0 Å². The van der Waals surface area contributed by atoms with Gasteiger partial charge in [0.2, 0.25) is 0 Å². The third kappa shape index (κ3) is 5.73. The molecule has 0 saturated carbocycles. The van der Waals surface area contributed by atoms with Crippen molar-refractivity contribution in [1.82, 2.24) is 9.80 Å². The molecule has 1 N–H and O–H groups in total. The molecule has 10 heteroatoms. The van der Waals surface area contributed by atoms with Gasteiger partial charge in [-0.15, -0.1) is 0 Å². The molecule has 10 nitrogen and oxygen atoms in total. The van der Waals surface area contributed by atoms with Crippen LogP contribution in [0.15, 0.2) is 42.0 Å². The molecule has 3 heterocycles. The first-order valence-electron chi connectivity index (χ1n) is 13.9. The fourth-order valence-corrected chi connectivity index (χ4v) is 5.17. The van der Waals surface area contributed by atoms with Crippen molar-refractivity contribution in [3.63, 3.8) is 0 Å². The number of carbonyl (C=O) groups excluding carboxylic acids is 2. The second-order valence-electron chi connectivity index (χ2n) is 9.79. The molecule has 2 aromatic rings. The van der Waals surface area contributed by atoms with E-state index in [-0.39, 0.29) is 11.3 Å². The number of hydrogen-bond donors (Lipinski definition) is 1. The number of benzene rings is 2. The van der Waals surface area contributed by atoms with Gasteiger partial charge in [0, 0.05) is 31.7 Å². The van der Waals surface area contributed by atoms with E-state index in [4.69, 9.17) is 23.7 Å². The first kappa shape index (κ1) is 27.8. The fraction of sp³-hybridized carbons (Fsp3) is 0.467. The number of nitrogens with zero attached hydrogens (tertiary/aromatic N) is 2. The molecule has 0 spiro atoms. The highest BCUT2D eigenvalue weighted by atomic mass is 16.6. The topological polar surface area (TPSA) is 107 Å². The number of likely N-dealkylation sites (tertiary alicyclic amines) is 1.